The molecule has 2 bridgehead atoms. The van der Waals surface area contributed by atoms with E-state index < -0.39 is 5.72 Å². The normalized spacial score (nSPS) is 24.4. The van der Waals surface area contributed by atoms with Gasteiger partial charge in [-0.05, 0) is 74.3 Å². The highest BCUT2D eigenvalue weighted by Crippen LogP contribution is 2.46. The number of nitrogens with one attached hydrogen (secondary N) is 1. The molecule has 2 aliphatic rings. The molecule has 1 N–H and O–H groups in total. The van der Waals surface area contributed by atoms with Gasteiger partial charge < -0.3 is 10.1 Å². The van der Waals surface area contributed by atoms with Gasteiger partial charge in [0.2, 0.25) is 0 Å². The highest BCUT2D eigenvalue weighted by molar-refractivity contribution is 7.80. The first-order valence-electron chi connectivity index (χ1n) is 8.90. The molecule has 4 heteroatoms. The van der Waals surface area contributed by atoms with Gasteiger partial charge in [-0.25, -0.2) is 0 Å². The number of aryl methyl sites for hydroxylation is 3. The predicted molar refractivity (Wildman–Crippen MR) is 106 cm³/mol. The number of ether oxygens (including phenoxy) is 1. The average Bonchev–Trinajstić information content (AvgIpc) is 2.52. The summed E-state index contributed by atoms with van der Waals surface area (Å²) in [5, 5.41) is 4.28. The minimum Gasteiger partial charge on any atom is -0.467 e. The lowest BCUT2D eigenvalue weighted by Gasteiger charge is -2.52. The molecular weight excluding hydrogens is 328 g/mol. The van der Waals surface area contributed by atoms with Crippen molar-refractivity contribution in [3.05, 3.63) is 58.7 Å². The summed E-state index contributed by atoms with van der Waals surface area (Å²) < 4.78 is 6.51. The van der Waals surface area contributed by atoms with Crippen LogP contribution < -0.4 is 15.0 Å². The third kappa shape index (κ3) is 2.69. The van der Waals surface area contributed by atoms with Gasteiger partial charge >= 0.3 is 0 Å². The maximum Gasteiger partial charge on any atom is 0.188 e. The molecule has 0 amide bonds. The largest absolute Gasteiger partial charge is 0.467 e. The summed E-state index contributed by atoms with van der Waals surface area (Å²) in [6, 6.07) is 13.2. The minimum atomic E-state index is -0.478. The fraction of sp³-hybridized carbons (Fsp3) is 0.381. The Morgan fingerprint density at radius 2 is 1.92 bits per heavy atom. The lowest BCUT2D eigenvalue weighted by molar-refractivity contribution is 0.0497. The molecule has 130 valence electrons. The van der Waals surface area contributed by atoms with Crippen LogP contribution in [0.3, 0.4) is 0 Å². The van der Waals surface area contributed by atoms with E-state index in [0.29, 0.717) is 0 Å². The van der Waals surface area contributed by atoms with Crippen LogP contribution in [0.1, 0.15) is 48.6 Å². The highest BCUT2D eigenvalue weighted by Gasteiger charge is 2.48. The maximum absolute atomic E-state index is 6.51. The summed E-state index contributed by atoms with van der Waals surface area (Å²) in [5.41, 5.74) is 5.62. The zero-order valence-corrected chi connectivity index (χ0v) is 16.0. The van der Waals surface area contributed by atoms with Crippen LogP contribution in [0.15, 0.2) is 36.4 Å². The first-order valence-corrected chi connectivity index (χ1v) is 9.31. The van der Waals surface area contributed by atoms with Crippen LogP contribution in [0.4, 0.5) is 5.69 Å². The first kappa shape index (κ1) is 16.4. The molecule has 2 aromatic carbocycles. The fourth-order valence-corrected chi connectivity index (χ4v) is 4.56. The SMILES string of the molecule is CCc1ccc2c(c1)[C@H]1C[C@@](C)(O2)N(c2cc(C)cc(C)c2)C(=S)N1. The van der Waals surface area contributed by atoms with E-state index in [1.54, 1.807) is 0 Å². The summed E-state index contributed by atoms with van der Waals surface area (Å²) in [6.45, 7) is 8.55. The zero-order valence-electron chi connectivity index (χ0n) is 15.2. The Hall–Kier alpha value is -2.07. The first-order chi connectivity index (χ1) is 11.9. The number of nitrogens with zero attached hydrogens (tertiary/aromatic N) is 1. The third-order valence-corrected chi connectivity index (χ3v) is 5.51. The molecule has 0 spiro atoms. The van der Waals surface area contributed by atoms with E-state index in [0.717, 1.165) is 29.4 Å². The summed E-state index contributed by atoms with van der Waals surface area (Å²) in [5.74, 6) is 0.959. The van der Waals surface area contributed by atoms with Gasteiger partial charge in [-0.1, -0.05) is 25.1 Å². The van der Waals surface area contributed by atoms with Gasteiger partial charge in [0, 0.05) is 17.7 Å². The monoisotopic (exact) mass is 352 g/mol. The second-order valence-corrected chi connectivity index (χ2v) is 7.78. The van der Waals surface area contributed by atoms with Crippen molar-refractivity contribution in [1.29, 1.82) is 0 Å². The lowest BCUT2D eigenvalue weighted by Crippen LogP contribution is -2.65. The van der Waals surface area contributed by atoms with Crippen molar-refractivity contribution in [2.24, 2.45) is 0 Å². The summed E-state index contributed by atoms with van der Waals surface area (Å²) >= 11 is 5.75. The Bertz CT molecular complexity index is 843. The van der Waals surface area contributed by atoms with Crippen molar-refractivity contribution >= 4 is 23.0 Å². The Labute approximate surface area is 155 Å². The number of rotatable bonds is 2. The van der Waals surface area contributed by atoms with Gasteiger partial charge in [0.1, 0.15) is 5.75 Å². The van der Waals surface area contributed by atoms with E-state index >= 15 is 0 Å². The second kappa shape index (κ2) is 5.73. The van der Waals surface area contributed by atoms with E-state index in [2.05, 4.69) is 74.3 Å². The van der Waals surface area contributed by atoms with Crippen LogP contribution in [0.5, 0.6) is 5.75 Å². The summed E-state index contributed by atoms with van der Waals surface area (Å²) in [6.07, 6.45) is 1.89. The van der Waals surface area contributed by atoms with Crippen molar-refractivity contribution in [2.75, 3.05) is 4.90 Å². The molecule has 4 rings (SSSR count). The molecule has 2 aromatic rings. The van der Waals surface area contributed by atoms with E-state index in [-0.39, 0.29) is 6.04 Å². The fourth-order valence-electron chi connectivity index (χ4n) is 4.11. The summed E-state index contributed by atoms with van der Waals surface area (Å²) in [4.78, 5) is 2.13. The molecule has 25 heavy (non-hydrogen) atoms. The molecule has 0 aliphatic carbocycles. The van der Waals surface area contributed by atoms with Crippen LogP contribution >= 0.6 is 12.2 Å². The van der Waals surface area contributed by atoms with Gasteiger partial charge in [0.15, 0.2) is 10.8 Å². The molecule has 1 fully saturated rings. The number of thiocarbonyl (C=S) groups is 1. The number of hydrogen-bond acceptors (Lipinski definition) is 2. The Kier molecular flexibility index (Phi) is 3.76. The molecule has 0 radical (unpaired) electrons. The van der Waals surface area contributed by atoms with Crippen LogP contribution in [0, 0.1) is 13.8 Å². The molecule has 0 saturated carbocycles. The Morgan fingerprint density at radius 3 is 2.60 bits per heavy atom. The Morgan fingerprint density at radius 1 is 1.20 bits per heavy atom. The summed E-state index contributed by atoms with van der Waals surface area (Å²) in [7, 11) is 0. The number of anilines is 1. The third-order valence-electron chi connectivity index (χ3n) is 5.21. The minimum absolute atomic E-state index is 0.204. The molecule has 2 aliphatic heterocycles. The number of fused-ring (bicyclic) bond motifs is 4. The standard InChI is InChI=1S/C21H24N2OS/c1-5-15-6-7-19-17(11-15)18-12-21(4,24-19)23(20(25)22-18)16-9-13(2)8-14(3)10-16/h6-11,18H,5,12H2,1-4H3,(H,22,25)/t18-,21-/m1/s1. The second-order valence-electron chi connectivity index (χ2n) is 7.39. The van der Waals surface area contributed by atoms with Crippen LogP contribution in [-0.2, 0) is 6.42 Å². The molecule has 0 aromatic heterocycles. The number of benzene rings is 2. The van der Waals surface area contributed by atoms with E-state index in [1.807, 2.05) is 0 Å². The van der Waals surface area contributed by atoms with Gasteiger partial charge in [-0.3, -0.25) is 4.90 Å². The number of hydrogen-bond donors (Lipinski definition) is 1. The van der Waals surface area contributed by atoms with Crippen molar-refractivity contribution in [3.8, 4) is 5.75 Å². The molecule has 1 saturated heterocycles. The van der Waals surface area contributed by atoms with Gasteiger partial charge in [0.25, 0.3) is 0 Å². The molecule has 0 unspecified atom stereocenters. The quantitative estimate of drug-likeness (QED) is 0.785. The van der Waals surface area contributed by atoms with E-state index in [1.165, 1.54) is 22.3 Å². The lowest BCUT2D eigenvalue weighted by atomic mass is 9.89. The average molecular weight is 353 g/mol. The van der Waals surface area contributed by atoms with Crippen molar-refractivity contribution in [1.82, 2.24) is 5.32 Å². The van der Waals surface area contributed by atoms with Crippen LogP contribution in [0.25, 0.3) is 0 Å². The zero-order chi connectivity index (χ0) is 17.8. The predicted octanol–water partition coefficient (Wildman–Crippen LogP) is 4.80. The van der Waals surface area contributed by atoms with E-state index in [4.69, 9.17) is 17.0 Å². The van der Waals surface area contributed by atoms with Crippen molar-refractivity contribution in [3.63, 3.8) is 0 Å². The topological polar surface area (TPSA) is 24.5 Å². The molecular formula is C21H24N2OS. The maximum atomic E-state index is 6.51. The van der Waals surface area contributed by atoms with Crippen LogP contribution in [-0.4, -0.2) is 10.8 Å². The molecule has 2 heterocycles. The van der Waals surface area contributed by atoms with Crippen molar-refractivity contribution < 1.29 is 4.74 Å². The Balaban J connectivity index is 1.79. The van der Waals surface area contributed by atoms with Gasteiger partial charge in [-0.2, -0.15) is 0 Å². The van der Waals surface area contributed by atoms with Gasteiger partial charge in [-0.15, -0.1) is 0 Å². The van der Waals surface area contributed by atoms with Crippen molar-refractivity contribution in [2.45, 2.75) is 52.3 Å². The molecule has 2 atom stereocenters. The highest BCUT2D eigenvalue weighted by atomic mass is 32.1. The smallest absolute Gasteiger partial charge is 0.188 e. The van der Waals surface area contributed by atoms with E-state index in [9.17, 15) is 0 Å². The van der Waals surface area contributed by atoms with Crippen LogP contribution in [0.2, 0.25) is 0 Å². The molecule has 3 nitrogen and oxygen atoms in total. The van der Waals surface area contributed by atoms with Gasteiger partial charge in [0.05, 0.1) is 6.04 Å².